The number of aliphatic carboxylic acids is 1. The predicted octanol–water partition coefficient (Wildman–Crippen LogP) is 3.77. The molecule has 0 aliphatic rings. The van der Waals surface area contributed by atoms with Gasteiger partial charge in [-0.2, -0.15) is 0 Å². The molecular weight excluding hydrogens is 226 g/mol. The van der Waals surface area contributed by atoms with Crippen molar-refractivity contribution in [1.29, 1.82) is 0 Å². The van der Waals surface area contributed by atoms with Crippen molar-refractivity contribution in [3.63, 3.8) is 0 Å². The molecule has 1 unspecified atom stereocenters. The summed E-state index contributed by atoms with van der Waals surface area (Å²) in [4.78, 5) is 10.7. The maximum absolute atomic E-state index is 13.5. The maximum atomic E-state index is 13.5. The van der Waals surface area contributed by atoms with Crippen LogP contribution in [-0.2, 0) is 10.7 Å². The quantitative estimate of drug-likeness (QED) is 0.853. The molecule has 2 nitrogen and oxygen atoms in total. The molecule has 0 amide bonds. The fourth-order valence-corrected chi connectivity index (χ4v) is 1.62. The summed E-state index contributed by atoms with van der Waals surface area (Å²) in [5.74, 6) is -4.47. The van der Waals surface area contributed by atoms with E-state index in [1.54, 1.807) is 6.92 Å². The summed E-state index contributed by atoms with van der Waals surface area (Å²) < 4.78 is 27.1. The number of halogens is 2. The number of hydrogen-bond acceptors (Lipinski definition) is 1. The minimum absolute atomic E-state index is 0.0549. The normalized spacial score (nSPS) is 13.4. The SMILES string of the molecule is CCCC(F)(F)c1ccc(C(C)C(=O)O)cc1. The molecule has 0 aromatic heterocycles. The van der Waals surface area contributed by atoms with Crippen LogP contribution in [0.15, 0.2) is 24.3 Å². The third-order valence-corrected chi connectivity index (χ3v) is 2.77. The molecule has 0 bridgehead atoms. The molecule has 0 fully saturated rings. The summed E-state index contributed by atoms with van der Waals surface area (Å²) in [6.45, 7) is 3.23. The van der Waals surface area contributed by atoms with Crippen LogP contribution in [0.5, 0.6) is 0 Å². The molecule has 0 saturated carbocycles. The molecule has 1 rings (SSSR count). The highest BCUT2D eigenvalue weighted by molar-refractivity contribution is 5.75. The first kappa shape index (κ1) is 13.6. The third kappa shape index (κ3) is 3.25. The van der Waals surface area contributed by atoms with Crippen molar-refractivity contribution < 1.29 is 18.7 Å². The van der Waals surface area contributed by atoms with Crippen LogP contribution in [0.4, 0.5) is 8.78 Å². The van der Waals surface area contributed by atoms with Crippen LogP contribution in [0, 0.1) is 0 Å². The molecule has 94 valence electrons. The first-order valence-electron chi connectivity index (χ1n) is 5.59. The topological polar surface area (TPSA) is 37.3 Å². The van der Waals surface area contributed by atoms with E-state index in [2.05, 4.69) is 0 Å². The van der Waals surface area contributed by atoms with E-state index in [4.69, 9.17) is 5.11 Å². The van der Waals surface area contributed by atoms with E-state index in [1.807, 2.05) is 0 Å². The molecule has 0 spiro atoms. The van der Waals surface area contributed by atoms with Crippen molar-refractivity contribution in [2.24, 2.45) is 0 Å². The van der Waals surface area contributed by atoms with Gasteiger partial charge in [-0.3, -0.25) is 4.79 Å². The Kier molecular flexibility index (Phi) is 4.21. The minimum atomic E-state index is -2.83. The van der Waals surface area contributed by atoms with Gasteiger partial charge in [-0.1, -0.05) is 37.6 Å². The monoisotopic (exact) mass is 242 g/mol. The first-order valence-corrected chi connectivity index (χ1v) is 5.59. The number of alkyl halides is 2. The molecule has 0 aliphatic carbocycles. The van der Waals surface area contributed by atoms with Gasteiger partial charge in [-0.05, 0) is 12.5 Å². The Morgan fingerprint density at radius 2 is 1.88 bits per heavy atom. The Balaban J connectivity index is 2.91. The van der Waals surface area contributed by atoms with E-state index in [-0.39, 0.29) is 12.0 Å². The highest BCUT2D eigenvalue weighted by Gasteiger charge is 2.30. The average Bonchev–Trinajstić information content (AvgIpc) is 2.28. The van der Waals surface area contributed by atoms with E-state index >= 15 is 0 Å². The van der Waals surface area contributed by atoms with Crippen LogP contribution in [0.2, 0.25) is 0 Å². The second kappa shape index (κ2) is 5.25. The summed E-state index contributed by atoms with van der Waals surface area (Å²) in [6, 6.07) is 5.53. The van der Waals surface area contributed by atoms with E-state index < -0.39 is 17.8 Å². The van der Waals surface area contributed by atoms with Crippen molar-refractivity contribution in [2.75, 3.05) is 0 Å². The Labute approximate surface area is 99.3 Å². The van der Waals surface area contributed by atoms with Gasteiger partial charge < -0.3 is 5.11 Å². The smallest absolute Gasteiger partial charge is 0.310 e. The van der Waals surface area contributed by atoms with Gasteiger partial charge in [-0.15, -0.1) is 0 Å². The molecule has 0 aliphatic heterocycles. The Bertz CT molecular complexity index is 385. The largest absolute Gasteiger partial charge is 0.481 e. The van der Waals surface area contributed by atoms with Gasteiger partial charge in [0.1, 0.15) is 0 Å². The average molecular weight is 242 g/mol. The van der Waals surface area contributed by atoms with Crippen molar-refractivity contribution in [1.82, 2.24) is 0 Å². The molecule has 17 heavy (non-hydrogen) atoms. The van der Waals surface area contributed by atoms with Crippen LogP contribution < -0.4 is 0 Å². The zero-order valence-electron chi connectivity index (χ0n) is 9.91. The number of rotatable bonds is 5. The van der Waals surface area contributed by atoms with Crippen molar-refractivity contribution >= 4 is 5.97 Å². The highest BCUT2D eigenvalue weighted by Crippen LogP contribution is 2.33. The van der Waals surface area contributed by atoms with Crippen LogP contribution in [0.1, 0.15) is 43.7 Å². The van der Waals surface area contributed by atoms with Crippen LogP contribution in [-0.4, -0.2) is 11.1 Å². The van der Waals surface area contributed by atoms with Crippen LogP contribution >= 0.6 is 0 Å². The molecule has 1 N–H and O–H groups in total. The van der Waals surface area contributed by atoms with Crippen LogP contribution in [0.25, 0.3) is 0 Å². The molecule has 0 saturated heterocycles. The Hall–Kier alpha value is -1.45. The lowest BCUT2D eigenvalue weighted by Crippen LogP contribution is -2.13. The molecule has 1 aromatic rings. The van der Waals surface area contributed by atoms with E-state index in [0.29, 0.717) is 12.0 Å². The Morgan fingerprint density at radius 1 is 1.35 bits per heavy atom. The van der Waals surface area contributed by atoms with Crippen molar-refractivity contribution in [3.05, 3.63) is 35.4 Å². The molecule has 1 aromatic carbocycles. The maximum Gasteiger partial charge on any atom is 0.310 e. The van der Waals surface area contributed by atoms with E-state index in [1.165, 1.54) is 31.2 Å². The lowest BCUT2D eigenvalue weighted by molar-refractivity contribution is -0.138. The standard InChI is InChI=1S/C13H16F2O2/c1-3-8-13(14,15)11-6-4-10(5-7-11)9(2)12(16)17/h4-7,9H,3,8H2,1-2H3,(H,16,17). The summed E-state index contributed by atoms with van der Waals surface area (Å²) in [6.07, 6.45) is 0.209. The number of carboxylic acid groups (broad SMARTS) is 1. The van der Waals surface area contributed by atoms with Crippen molar-refractivity contribution in [2.45, 2.75) is 38.5 Å². The highest BCUT2D eigenvalue weighted by atomic mass is 19.3. The first-order chi connectivity index (χ1) is 7.88. The van der Waals surface area contributed by atoms with Gasteiger partial charge in [-0.25, -0.2) is 8.78 Å². The van der Waals surface area contributed by atoms with Gasteiger partial charge in [0.05, 0.1) is 5.92 Å². The van der Waals surface area contributed by atoms with Gasteiger partial charge >= 0.3 is 5.97 Å². The number of hydrogen-bond donors (Lipinski definition) is 1. The number of carboxylic acids is 1. The molecule has 0 heterocycles. The van der Waals surface area contributed by atoms with E-state index in [0.717, 1.165) is 0 Å². The summed E-state index contributed by atoms with van der Waals surface area (Å²) in [5, 5.41) is 8.80. The summed E-state index contributed by atoms with van der Waals surface area (Å²) in [5.41, 5.74) is 0.481. The number of benzene rings is 1. The molecule has 1 atom stereocenters. The van der Waals surface area contributed by atoms with Crippen LogP contribution in [0.3, 0.4) is 0 Å². The van der Waals surface area contributed by atoms with Gasteiger partial charge in [0.25, 0.3) is 5.92 Å². The molecule has 4 heteroatoms. The fraction of sp³-hybridized carbons (Fsp3) is 0.462. The third-order valence-electron chi connectivity index (χ3n) is 2.77. The summed E-state index contributed by atoms with van der Waals surface area (Å²) in [7, 11) is 0. The fourth-order valence-electron chi connectivity index (χ4n) is 1.62. The van der Waals surface area contributed by atoms with E-state index in [9.17, 15) is 13.6 Å². The second-order valence-electron chi connectivity index (χ2n) is 4.14. The summed E-state index contributed by atoms with van der Waals surface area (Å²) >= 11 is 0. The lowest BCUT2D eigenvalue weighted by Gasteiger charge is -2.16. The minimum Gasteiger partial charge on any atom is -0.481 e. The molecular formula is C13H16F2O2. The molecule has 0 radical (unpaired) electrons. The van der Waals surface area contributed by atoms with Crippen molar-refractivity contribution in [3.8, 4) is 0 Å². The van der Waals surface area contributed by atoms with Gasteiger partial charge in [0.2, 0.25) is 0 Å². The zero-order valence-corrected chi connectivity index (χ0v) is 9.91. The predicted molar refractivity (Wildman–Crippen MR) is 61.3 cm³/mol. The van der Waals surface area contributed by atoms with Gasteiger partial charge in [0, 0.05) is 12.0 Å². The van der Waals surface area contributed by atoms with Gasteiger partial charge in [0.15, 0.2) is 0 Å². The second-order valence-corrected chi connectivity index (χ2v) is 4.14. The number of carbonyl (C=O) groups is 1. The zero-order chi connectivity index (χ0) is 13.1. The lowest BCUT2D eigenvalue weighted by atomic mass is 9.97. The Morgan fingerprint density at radius 3 is 2.29 bits per heavy atom.